The maximum absolute atomic E-state index is 11.4. The first kappa shape index (κ1) is 10.7. The fraction of sp³-hybridized carbons (Fsp3) is 0.400. The molecule has 0 saturated carbocycles. The van der Waals surface area contributed by atoms with Gasteiger partial charge in [-0.15, -0.1) is 0 Å². The van der Waals surface area contributed by atoms with Crippen molar-refractivity contribution in [2.24, 2.45) is 0 Å². The van der Waals surface area contributed by atoms with Crippen molar-refractivity contribution >= 4 is 5.91 Å². The molecule has 0 aliphatic carbocycles. The molecule has 0 bridgehead atoms. The molecule has 1 aromatic rings. The molecule has 0 atom stereocenters. The molecule has 0 radical (unpaired) electrons. The van der Waals surface area contributed by atoms with E-state index in [1.54, 1.807) is 18.3 Å². The van der Waals surface area contributed by atoms with Crippen molar-refractivity contribution < 1.29 is 10.1 Å². The predicted molar refractivity (Wildman–Crippen MR) is 53.9 cm³/mol. The largest absolute Gasteiger partial charge is 0.350 e. The Hall–Kier alpha value is -1.42. The molecule has 0 saturated heterocycles. The van der Waals surface area contributed by atoms with Crippen LogP contribution in [0.4, 0.5) is 0 Å². The molecule has 1 rings (SSSR count). The third-order valence-corrected chi connectivity index (χ3v) is 1.85. The first-order valence-electron chi connectivity index (χ1n) is 4.81. The number of nitrogens with one attached hydrogen (secondary N) is 1. The van der Waals surface area contributed by atoms with Crippen LogP contribution in [-0.4, -0.2) is 31.0 Å². The van der Waals surface area contributed by atoms with Crippen LogP contribution < -0.4 is 10.6 Å². The van der Waals surface area contributed by atoms with E-state index in [4.69, 9.17) is 0 Å². The quantitative estimate of drug-likeness (QED) is 0.615. The van der Waals surface area contributed by atoms with E-state index in [2.05, 4.69) is 15.6 Å². The zero-order valence-electron chi connectivity index (χ0n) is 8.36. The van der Waals surface area contributed by atoms with E-state index in [1.165, 1.54) is 0 Å². The Morgan fingerprint density at radius 2 is 2.43 bits per heavy atom. The van der Waals surface area contributed by atoms with Crippen LogP contribution in [0, 0.1) is 0 Å². The van der Waals surface area contributed by atoms with Gasteiger partial charge in [0.1, 0.15) is 5.69 Å². The average Bonchev–Trinajstić information content (AvgIpc) is 2.25. The van der Waals surface area contributed by atoms with Gasteiger partial charge in [-0.1, -0.05) is 6.07 Å². The zero-order chi connectivity index (χ0) is 10.2. The molecule has 1 aromatic heterocycles. The molecule has 0 aliphatic rings. The number of pyridine rings is 1. The van der Waals surface area contributed by atoms with E-state index in [1.807, 2.05) is 13.1 Å². The molecule has 0 unspecified atom stereocenters. The van der Waals surface area contributed by atoms with Crippen molar-refractivity contribution in [2.75, 3.05) is 20.1 Å². The third kappa shape index (κ3) is 3.53. The highest BCUT2D eigenvalue weighted by Crippen LogP contribution is 1.92. The lowest BCUT2D eigenvalue weighted by Crippen LogP contribution is -2.79. The van der Waals surface area contributed by atoms with E-state index in [-0.39, 0.29) is 5.91 Å². The molecule has 4 nitrogen and oxygen atoms in total. The van der Waals surface area contributed by atoms with Gasteiger partial charge in [0.2, 0.25) is 0 Å². The topological polar surface area (TPSA) is 58.6 Å². The summed E-state index contributed by atoms with van der Waals surface area (Å²) in [7, 11) is 2.01. The fourth-order valence-corrected chi connectivity index (χ4v) is 1.10. The van der Waals surface area contributed by atoms with Crippen LogP contribution in [0.2, 0.25) is 0 Å². The van der Waals surface area contributed by atoms with Gasteiger partial charge in [0.25, 0.3) is 5.91 Å². The molecule has 14 heavy (non-hydrogen) atoms. The first-order valence-corrected chi connectivity index (χ1v) is 4.81. The van der Waals surface area contributed by atoms with Gasteiger partial charge < -0.3 is 10.6 Å². The van der Waals surface area contributed by atoms with E-state index >= 15 is 0 Å². The van der Waals surface area contributed by atoms with Gasteiger partial charge in [-0.25, -0.2) is 0 Å². The lowest BCUT2D eigenvalue weighted by Gasteiger charge is -2.02. The molecule has 0 fully saturated rings. The number of carbonyl (C=O) groups is 1. The van der Waals surface area contributed by atoms with Crippen molar-refractivity contribution in [3.63, 3.8) is 0 Å². The average molecular weight is 194 g/mol. The summed E-state index contributed by atoms with van der Waals surface area (Å²) in [4.78, 5) is 15.4. The highest BCUT2D eigenvalue weighted by atomic mass is 16.1. The number of rotatable bonds is 5. The standard InChI is InChI=1S/C10H15N3O/c1-11-6-4-8-13-10(14)9-5-2-3-7-12-9/h2-3,5,7,11H,4,6,8H2,1H3,(H,13,14)/p+1. The fourth-order valence-electron chi connectivity index (χ4n) is 1.10. The molecule has 3 N–H and O–H groups in total. The summed E-state index contributed by atoms with van der Waals surface area (Å²) < 4.78 is 0. The number of amides is 1. The third-order valence-electron chi connectivity index (χ3n) is 1.85. The highest BCUT2D eigenvalue weighted by molar-refractivity contribution is 5.92. The molecule has 4 heteroatoms. The smallest absolute Gasteiger partial charge is 0.269 e. The Morgan fingerprint density at radius 3 is 3.07 bits per heavy atom. The first-order chi connectivity index (χ1) is 6.84. The Kier molecular flexibility index (Phi) is 4.64. The molecule has 1 amide bonds. The number of hydrogen-bond acceptors (Lipinski definition) is 2. The lowest BCUT2D eigenvalue weighted by molar-refractivity contribution is -0.626. The molecular formula is C10H16N3O+. The molecule has 0 aliphatic heterocycles. The maximum Gasteiger partial charge on any atom is 0.269 e. The Bertz CT molecular complexity index is 274. The van der Waals surface area contributed by atoms with Crippen LogP contribution in [0.5, 0.6) is 0 Å². The van der Waals surface area contributed by atoms with Crippen molar-refractivity contribution in [3.05, 3.63) is 30.1 Å². The molecule has 0 spiro atoms. The van der Waals surface area contributed by atoms with E-state index in [0.29, 0.717) is 12.2 Å². The number of quaternary nitrogens is 1. The van der Waals surface area contributed by atoms with Gasteiger partial charge in [0.15, 0.2) is 0 Å². The Labute approximate surface area is 83.7 Å². The van der Waals surface area contributed by atoms with Crippen molar-refractivity contribution in [1.29, 1.82) is 0 Å². The van der Waals surface area contributed by atoms with Crippen LogP contribution in [0.25, 0.3) is 0 Å². The van der Waals surface area contributed by atoms with E-state index in [9.17, 15) is 4.79 Å². The van der Waals surface area contributed by atoms with Crippen LogP contribution in [0.3, 0.4) is 0 Å². The number of nitrogens with two attached hydrogens (primary N) is 1. The minimum Gasteiger partial charge on any atom is -0.350 e. The van der Waals surface area contributed by atoms with Crippen LogP contribution in [0.1, 0.15) is 16.9 Å². The van der Waals surface area contributed by atoms with Crippen LogP contribution >= 0.6 is 0 Å². The zero-order valence-corrected chi connectivity index (χ0v) is 8.36. The van der Waals surface area contributed by atoms with E-state index < -0.39 is 0 Å². The summed E-state index contributed by atoms with van der Waals surface area (Å²) in [6.07, 6.45) is 2.60. The normalized spacial score (nSPS) is 9.79. The second kappa shape index (κ2) is 6.10. The molecule has 0 aromatic carbocycles. The molecule has 1 heterocycles. The van der Waals surface area contributed by atoms with Gasteiger partial charge in [0.05, 0.1) is 13.6 Å². The monoisotopic (exact) mass is 194 g/mol. The minimum atomic E-state index is -0.0956. The number of carbonyl (C=O) groups excluding carboxylic acids is 1. The summed E-state index contributed by atoms with van der Waals surface area (Å²) in [6.45, 7) is 1.74. The summed E-state index contributed by atoms with van der Waals surface area (Å²) in [5.74, 6) is -0.0956. The van der Waals surface area contributed by atoms with E-state index in [0.717, 1.165) is 13.0 Å². The predicted octanol–water partition coefficient (Wildman–Crippen LogP) is -0.605. The van der Waals surface area contributed by atoms with Gasteiger partial charge >= 0.3 is 0 Å². The van der Waals surface area contributed by atoms with Gasteiger partial charge in [-0.2, -0.15) is 0 Å². The molecule has 76 valence electrons. The Morgan fingerprint density at radius 1 is 1.57 bits per heavy atom. The van der Waals surface area contributed by atoms with Crippen LogP contribution in [-0.2, 0) is 0 Å². The number of nitrogens with zero attached hydrogens (tertiary/aromatic N) is 1. The minimum absolute atomic E-state index is 0.0956. The Balaban J connectivity index is 2.29. The SMILES string of the molecule is C[NH2+]CCCNC(=O)c1ccccn1. The summed E-state index contributed by atoms with van der Waals surface area (Å²) in [5, 5.41) is 4.90. The summed E-state index contributed by atoms with van der Waals surface area (Å²) in [5.41, 5.74) is 0.480. The molecular weight excluding hydrogens is 178 g/mol. The maximum atomic E-state index is 11.4. The second-order valence-corrected chi connectivity index (χ2v) is 3.02. The summed E-state index contributed by atoms with van der Waals surface area (Å²) in [6, 6.07) is 5.31. The lowest BCUT2D eigenvalue weighted by atomic mass is 10.3. The van der Waals surface area contributed by atoms with Gasteiger partial charge in [0, 0.05) is 19.2 Å². The van der Waals surface area contributed by atoms with Gasteiger partial charge in [-0.05, 0) is 12.1 Å². The van der Waals surface area contributed by atoms with Crippen molar-refractivity contribution in [2.45, 2.75) is 6.42 Å². The van der Waals surface area contributed by atoms with Crippen LogP contribution in [0.15, 0.2) is 24.4 Å². The highest BCUT2D eigenvalue weighted by Gasteiger charge is 2.03. The van der Waals surface area contributed by atoms with Gasteiger partial charge in [-0.3, -0.25) is 9.78 Å². The second-order valence-electron chi connectivity index (χ2n) is 3.02. The number of hydrogen-bond donors (Lipinski definition) is 2. The summed E-state index contributed by atoms with van der Waals surface area (Å²) >= 11 is 0. The van der Waals surface area contributed by atoms with Crippen molar-refractivity contribution in [1.82, 2.24) is 10.3 Å². The van der Waals surface area contributed by atoms with Crippen molar-refractivity contribution in [3.8, 4) is 0 Å². The number of aromatic nitrogens is 1.